The molecule has 2 aromatic rings. The smallest absolute Gasteiger partial charge is 0.240 e. The molecule has 0 aromatic carbocycles. The number of hydrogen-bond acceptors (Lipinski definition) is 7. The largest absolute Gasteiger partial charge is 0.395 e. The molecule has 0 radical (unpaired) electrons. The lowest BCUT2D eigenvalue weighted by Crippen LogP contribution is -2.09. The molecule has 7 nitrogen and oxygen atoms in total. The van der Waals surface area contributed by atoms with Crippen molar-refractivity contribution in [2.75, 3.05) is 12.3 Å². The molecule has 0 fully saturated rings. The molecule has 1 unspecified atom stereocenters. The van der Waals surface area contributed by atoms with Crippen molar-refractivity contribution in [3.63, 3.8) is 0 Å². The van der Waals surface area contributed by atoms with Crippen LogP contribution in [-0.2, 0) is 0 Å². The lowest BCUT2D eigenvalue weighted by Gasteiger charge is -2.07. The minimum Gasteiger partial charge on any atom is -0.395 e. The Kier molecular flexibility index (Phi) is 3.55. The van der Waals surface area contributed by atoms with Gasteiger partial charge in [0.25, 0.3) is 0 Å². The summed E-state index contributed by atoms with van der Waals surface area (Å²) in [5.41, 5.74) is 5.61. The van der Waals surface area contributed by atoms with Crippen molar-refractivity contribution in [1.29, 1.82) is 0 Å². The Balaban J connectivity index is 2.30. The van der Waals surface area contributed by atoms with E-state index in [-0.39, 0.29) is 17.8 Å². The van der Waals surface area contributed by atoms with Gasteiger partial charge in [-0.05, 0) is 0 Å². The molecule has 2 aromatic heterocycles. The molecule has 3 N–H and O–H groups in total. The Morgan fingerprint density at radius 2 is 2.29 bits per heavy atom. The summed E-state index contributed by atoms with van der Waals surface area (Å²) in [5, 5.41) is 9.48. The van der Waals surface area contributed by atoms with E-state index in [0.29, 0.717) is 11.1 Å². The summed E-state index contributed by atoms with van der Waals surface area (Å²) in [6.07, 6.45) is 4.93. The van der Waals surface area contributed by atoms with Crippen LogP contribution in [0, 0.1) is 0 Å². The van der Waals surface area contributed by atoms with Gasteiger partial charge in [-0.2, -0.15) is 15.0 Å². The molecule has 1 atom stereocenters. The first-order valence-corrected chi connectivity index (χ1v) is 5.84. The van der Waals surface area contributed by atoms with Gasteiger partial charge in [0.1, 0.15) is 6.33 Å². The molecule has 2 rings (SSSR count). The van der Waals surface area contributed by atoms with E-state index >= 15 is 0 Å². The lowest BCUT2D eigenvalue weighted by molar-refractivity contribution is 0.300. The van der Waals surface area contributed by atoms with Gasteiger partial charge in [-0.25, -0.2) is 4.98 Å². The van der Waals surface area contributed by atoms with Crippen LogP contribution in [0.1, 0.15) is 6.92 Å². The van der Waals surface area contributed by atoms with Crippen LogP contribution in [0.4, 0.5) is 5.95 Å². The molecule has 0 bridgehead atoms. The first kappa shape index (κ1) is 11.8. The van der Waals surface area contributed by atoms with Crippen molar-refractivity contribution < 1.29 is 5.11 Å². The quantitative estimate of drug-likeness (QED) is 0.744. The Bertz CT molecular complexity index is 488. The van der Waals surface area contributed by atoms with Gasteiger partial charge in [0.15, 0.2) is 5.16 Å². The van der Waals surface area contributed by atoms with Crippen LogP contribution in [0.15, 0.2) is 23.9 Å². The molecule has 8 heteroatoms. The molecule has 0 aliphatic heterocycles. The van der Waals surface area contributed by atoms with Gasteiger partial charge in [0.2, 0.25) is 11.9 Å². The third-order valence-electron chi connectivity index (χ3n) is 1.92. The second-order valence-electron chi connectivity index (χ2n) is 3.36. The van der Waals surface area contributed by atoms with Crippen LogP contribution in [-0.4, -0.2) is 41.5 Å². The number of imidazole rings is 1. The van der Waals surface area contributed by atoms with E-state index in [1.165, 1.54) is 11.8 Å². The van der Waals surface area contributed by atoms with Crippen LogP contribution >= 0.6 is 11.8 Å². The molecule has 0 amide bonds. The van der Waals surface area contributed by atoms with E-state index in [1.807, 2.05) is 6.92 Å². The predicted octanol–water partition coefficient (Wildman–Crippen LogP) is 0.112. The fraction of sp³-hybridized carbons (Fsp3) is 0.333. The standard InChI is InChI=1S/C9H12N6OS/c1-6(4-16)17-9-13-7(10)12-8(14-9)15-3-2-11-5-15/h2-3,5-6,16H,4H2,1H3,(H2,10,12,13,14). The fourth-order valence-corrected chi connectivity index (χ4v) is 1.84. The van der Waals surface area contributed by atoms with E-state index in [0.717, 1.165) is 0 Å². The molecule has 0 saturated heterocycles. The zero-order valence-corrected chi connectivity index (χ0v) is 10.0. The minimum absolute atomic E-state index is 0.00689. The summed E-state index contributed by atoms with van der Waals surface area (Å²) in [6.45, 7) is 1.93. The van der Waals surface area contributed by atoms with Crippen LogP contribution < -0.4 is 5.73 Å². The first-order valence-electron chi connectivity index (χ1n) is 4.96. The van der Waals surface area contributed by atoms with Crippen molar-refractivity contribution in [3.8, 4) is 5.95 Å². The van der Waals surface area contributed by atoms with Crippen LogP contribution in [0.2, 0.25) is 0 Å². The molecular weight excluding hydrogens is 240 g/mol. The highest BCUT2D eigenvalue weighted by molar-refractivity contribution is 7.99. The van der Waals surface area contributed by atoms with Gasteiger partial charge >= 0.3 is 0 Å². The average molecular weight is 252 g/mol. The molecule has 0 saturated carbocycles. The van der Waals surface area contributed by atoms with Crippen molar-refractivity contribution >= 4 is 17.7 Å². The highest BCUT2D eigenvalue weighted by Crippen LogP contribution is 2.19. The monoisotopic (exact) mass is 252 g/mol. The van der Waals surface area contributed by atoms with E-state index in [4.69, 9.17) is 10.8 Å². The summed E-state index contributed by atoms with van der Waals surface area (Å²) in [4.78, 5) is 16.2. The van der Waals surface area contributed by atoms with Crippen molar-refractivity contribution in [2.45, 2.75) is 17.3 Å². The molecule has 2 heterocycles. The van der Waals surface area contributed by atoms with Gasteiger partial charge < -0.3 is 10.8 Å². The number of hydrogen-bond donors (Lipinski definition) is 2. The average Bonchev–Trinajstić information content (AvgIpc) is 2.81. The molecule has 90 valence electrons. The first-order chi connectivity index (χ1) is 8.19. The second kappa shape index (κ2) is 5.11. The number of aromatic nitrogens is 5. The van der Waals surface area contributed by atoms with Gasteiger partial charge in [0.05, 0.1) is 6.61 Å². The zero-order valence-electron chi connectivity index (χ0n) is 9.19. The maximum Gasteiger partial charge on any atom is 0.240 e. The summed E-state index contributed by atoms with van der Waals surface area (Å²) >= 11 is 1.34. The number of aliphatic hydroxyl groups excluding tert-OH is 1. The van der Waals surface area contributed by atoms with Gasteiger partial charge in [-0.15, -0.1) is 0 Å². The molecule has 0 spiro atoms. The summed E-state index contributed by atoms with van der Waals surface area (Å²) in [6, 6.07) is 0. The Hall–Kier alpha value is -1.67. The number of aliphatic hydroxyl groups is 1. The Morgan fingerprint density at radius 1 is 1.47 bits per heavy atom. The fourth-order valence-electron chi connectivity index (χ4n) is 1.12. The predicted molar refractivity (Wildman–Crippen MR) is 63.8 cm³/mol. The minimum atomic E-state index is 0.00689. The number of nitrogens with zero attached hydrogens (tertiary/aromatic N) is 5. The summed E-state index contributed by atoms with van der Waals surface area (Å²) < 4.78 is 1.64. The third kappa shape index (κ3) is 2.92. The van der Waals surface area contributed by atoms with E-state index in [1.54, 1.807) is 23.3 Å². The molecule has 17 heavy (non-hydrogen) atoms. The van der Waals surface area contributed by atoms with Crippen LogP contribution in [0.25, 0.3) is 5.95 Å². The summed E-state index contributed by atoms with van der Waals surface area (Å²) in [5.74, 6) is 0.568. The van der Waals surface area contributed by atoms with Gasteiger partial charge in [-0.3, -0.25) is 4.57 Å². The number of nitrogens with two attached hydrogens (primary N) is 1. The lowest BCUT2D eigenvalue weighted by atomic mass is 10.5. The Morgan fingerprint density at radius 3 is 2.94 bits per heavy atom. The second-order valence-corrected chi connectivity index (χ2v) is 4.76. The number of anilines is 1. The summed E-state index contributed by atoms with van der Waals surface area (Å²) in [7, 11) is 0. The molecular formula is C9H12N6OS. The zero-order chi connectivity index (χ0) is 12.3. The van der Waals surface area contributed by atoms with Gasteiger partial charge in [0, 0.05) is 17.6 Å². The number of thioether (sulfide) groups is 1. The third-order valence-corrected chi connectivity index (χ3v) is 2.86. The number of rotatable bonds is 4. The van der Waals surface area contributed by atoms with Crippen molar-refractivity contribution in [2.24, 2.45) is 0 Å². The molecule has 0 aliphatic carbocycles. The highest BCUT2D eigenvalue weighted by atomic mass is 32.2. The van der Waals surface area contributed by atoms with E-state index < -0.39 is 0 Å². The maximum atomic E-state index is 8.98. The van der Waals surface area contributed by atoms with Crippen LogP contribution in [0.3, 0.4) is 0 Å². The highest BCUT2D eigenvalue weighted by Gasteiger charge is 2.10. The SMILES string of the molecule is CC(CO)Sc1nc(N)nc(-n2ccnc2)n1. The number of nitrogen functional groups attached to an aromatic ring is 1. The van der Waals surface area contributed by atoms with Crippen LogP contribution in [0.5, 0.6) is 0 Å². The Labute approximate surface area is 102 Å². The molecule has 0 aliphatic rings. The van der Waals surface area contributed by atoms with Crippen molar-refractivity contribution in [3.05, 3.63) is 18.7 Å². The normalized spacial score (nSPS) is 12.6. The van der Waals surface area contributed by atoms with Gasteiger partial charge in [-0.1, -0.05) is 18.7 Å². The van der Waals surface area contributed by atoms with Crippen molar-refractivity contribution in [1.82, 2.24) is 24.5 Å². The maximum absolute atomic E-state index is 8.98. The topological polar surface area (TPSA) is 103 Å². The van der Waals surface area contributed by atoms with E-state index in [2.05, 4.69) is 19.9 Å². The van der Waals surface area contributed by atoms with E-state index in [9.17, 15) is 0 Å².